The molecule has 0 amide bonds. The Hall–Kier alpha value is -0.850. The van der Waals surface area contributed by atoms with Crippen LogP contribution >= 0.6 is 23.8 Å². The molecule has 1 heterocycles. The van der Waals surface area contributed by atoms with Crippen molar-refractivity contribution in [2.24, 2.45) is 0 Å². The maximum absolute atomic E-state index is 11.8. The van der Waals surface area contributed by atoms with Crippen LogP contribution in [0, 0.1) is 13.8 Å². The topological polar surface area (TPSA) is 49.4 Å². The zero-order valence-electron chi connectivity index (χ0n) is 13.7. The van der Waals surface area contributed by atoms with Gasteiger partial charge in [-0.3, -0.25) is 0 Å². The van der Waals surface area contributed by atoms with E-state index in [1.54, 1.807) is 0 Å². The number of benzene rings is 1. The Balaban J connectivity index is 2.19. The molecule has 0 aromatic heterocycles. The Morgan fingerprint density at radius 2 is 2.13 bits per heavy atom. The van der Waals surface area contributed by atoms with Gasteiger partial charge in [-0.2, -0.15) is 0 Å². The van der Waals surface area contributed by atoms with Crippen molar-refractivity contribution in [1.29, 1.82) is 0 Å². The molecule has 0 radical (unpaired) electrons. The molecular weight excluding hydrogens is 352 g/mol. The average molecular weight is 375 g/mol. The van der Waals surface area contributed by atoms with Crippen LogP contribution in [0.15, 0.2) is 12.1 Å². The highest BCUT2D eigenvalue weighted by Gasteiger charge is 2.33. The summed E-state index contributed by atoms with van der Waals surface area (Å²) in [7, 11) is -2.94. The smallest absolute Gasteiger partial charge is 0.173 e. The molecule has 1 aromatic carbocycles. The van der Waals surface area contributed by atoms with Gasteiger partial charge in [-0.1, -0.05) is 24.6 Å². The Morgan fingerprint density at radius 1 is 1.43 bits per heavy atom. The molecular formula is C16H23ClN2O2S2. The zero-order chi connectivity index (χ0) is 17.2. The summed E-state index contributed by atoms with van der Waals surface area (Å²) in [6.07, 6.45) is 1.53. The number of thiocarbonyl (C=S) groups is 1. The first-order chi connectivity index (χ1) is 10.7. The van der Waals surface area contributed by atoms with Crippen LogP contribution in [0.25, 0.3) is 0 Å². The van der Waals surface area contributed by atoms with Crippen LogP contribution in [0.1, 0.15) is 30.9 Å². The minimum absolute atomic E-state index is 0.0514. The summed E-state index contributed by atoms with van der Waals surface area (Å²) < 4.78 is 23.5. The van der Waals surface area contributed by atoms with Crippen molar-refractivity contribution >= 4 is 44.5 Å². The van der Waals surface area contributed by atoms with E-state index < -0.39 is 9.84 Å². The maximum atomic E-state index is 11.8. The second kappa shape index (κ2) is 7.36. The fraction of sp³-hybridized carbons (Fsp3) is 0.562. The van der Waals surface area contributed by atoms with Crippen molar-refractivity contribution in [2.45, 2.75) is 39.7 Å². The molecule has 128 valence electrons. The Bertz CT molecular complexity index is 681. The summed E-state index contributed by atoms with van der Waals surface area (Å²) in [4.78, 5) is 2.00. The van der Waals surface area contributed by atoms with Gasteiger partial charge < -0.3 is 10.2 Å². The van der Waals surface area contributed by atoms with Gasteiger partial charge in [0.15, 0.2) is 14.9 Å². The van der Waals surface area contributed by atoms with Crippen LogP contribution in [-0.2, 0) is 9.84 Å². The molecule has 1 atom stereocenters. The molecule has 0 aliphatic carbocycles. The lowest BCUT2D eigenvalue weighted by atomic mass is 10.1. The summed E-state index contributed by atoms with van der Waals surface area (Å²) >= 11 is 11.9. The lowest BCUT2D eigenvalue weighted by Crippen LogP contribution is -2.44. The minimum atomic E-state index is -2.94. The second-order valence-corrected chi connectivity index (χ2v) is 9.14. The first-order valence-corrected chi connectivity index (χ1v) is 10.4. The monoisotopic (exact) mass is 374 g/mol. The van der Waals surface area contributed by atoms with Gasteiger partial charge in [-0.25, -0.2) is 8.42 Å². The van der Waals surface area contributed by atoms with Crippen molar-refractivity contribution in [3.8, 4) is 0 Å². The van der Waals surface area contributed by atoms with Gasteiger partial charge in [0.25, 0.3) is 0 Å². The van der Waals surface area contributed by atoms with Crippen molar-refractivity contribution in [3.63, 3.8) is 0 Å². The lowest BCUT2D eigenvalue weighted by Gasteiger charge is -2.31. The summed E-state index contributed by atoms with van der Waals surface area (Å²) in [5.41, 5.74) is 2.91. The summed E-state index contributed by atoms with van der Waals surface area (Å²) in [6.45, 7) is 6.76. The Kier molecular flexibility index (Phi) is 5.92. The van der Waals surface area contributed by atoms with Crippen molar-refractivity contribution in [3.05, 3.63) is 28.3 Å². The average Bonchev–Trinajstić information content (AvgIpc) is 2.79. The first kappa shape index (κ1) is 18.5. The van der Waals surface area contributed by atoms with E-state index in [9.17, 15) is 8.42 Å². The lowest BCUT2D eigenvalue weighted by molar-refractivity contribution is 0.339. The van der Waals surface area contributed by atoms with E-state index in [-0.39, 0.29) is 17.5 Å². The molecule has 7 heteroatoms. The number of sulfone groups is 1. The maximum Gasteiger partial charge on any atom is 0.173 e. The third-order valence-corrected chi connectivity index (χ3v) is 6.42. The number of nitrogens with one attached hydrogen (secondary N) is 1. The fourth-order valence-electron chi connectivity index (χ4n) is 2.96. The molecule has 0 spiro atoms. The number of hydrogen-bond donors (Lipinski definition) is 1. The van der Waals surface area contributed by atoms with Crippen LogP contribution in [0.3, 0.4) is 0 Å². The van der Waals surface area contributed by atoms with Gasteiger partial charge in [0.05, 0.1) is 22.2 Å². The molecule has 23 heavy (non-hydrogen) atoms. The third kappa shape index (κ3) is 4.58. The van der Waals surface area contributed by atoms with Gasteiger partial charge in [-0.05, 0) is 56.1 Å². The highest BCUT2D eigenvalue weighted by atomic mass is 35.5. The number of nitrogens with zero attached hydrogens (tertiary/aromatic N) is 1. The molecule has 0 bridgehead atoms. The van der Waals surface area contributed by atoms with Crippen molar-refractivity contribution in [2.75, 3.05) is 23.4 Å². The van der Waals surface area contributed by atoms with E-state index >= 15 is 0 Å². The molecule has 1 aliphatic rings. The molecule has 1 aromatic rings. The van der Waals surface area contributed by atoms with Crippen LogP contribution in [0.4, 0.5) is 5.69 Å². The number of aryl methyl sites for hydroxylation is 2. The molecule has 4 nitrogen and oxygen atoms in total. The summed E-state index contributed by atoms with van der Waals surface area (Å²) in [5.74, 6) is 0.417. The standard InChI is InChI=1S/C16H23ClN2O2S2/c1-4-6-19(13-5-7-23(20,21)10-13)16(22)18-15-12(3)8-11(2)9-14(15)17/h8-9,13H,4-7,10H2,1-3H3,(H,18,22)/t13-/m1/s1. The van der Waals surface area contributed by atoms with Gasteiger partial charge in [0, 0.05) is 12.6 Å². The predicted octanol–water partition coefficient (Wildman–Crippen LogP) is 3.55. The largest absolute Gasteiger partial charge is 0.345 e. The highest BCUT2D eigenvalue weighted by Crippen LogP contribution is 2.28. The SMILES string of the molecule is CCCN(C(=S)Nc1c(C)cc(C)cc1Cl)[C@@H]1CCS(=O)(=O)C1. The predicted molar refractivity (Wildman–Crippen MR) is 101 cm³/mol. The number of rotatable bonds is 4. The quantitative estimate of drug-likeness (QED) is 0.816. The van der Waals surface area contributed by atoms with Gasteiger partial charge >= 0.3 is 0 Å². The molecule has 1 saturated heterocycles. The van der Waals surface area contributed by atoms with E-state index in [1.807, 2.05) is 30.9 Å². The van der Waals surface area contributed by atoms with Gasteiger partial charge in [0.1, 0.15) is 0 Å². The summed E-state index contributed by atoms with van der Waals surface area (Å²) in [5, 5.41) is 4.40. The van der Waals surface area contributed by atoms with E-state index in [0.717, 1.165) is 29.8 Å². The van der Waals surface area contributed by atoms with Crippen LogP contribution in [0.2, 0.25) is 5.02 Å². The van der Waals surface area contributed by atoms with Gasteiger partial charge in [0.2, 0.25) is 0 Å². The van der Waals surface area contributed by atoms with E-state index in [2.05, 4.69) is 12.2 Å². The normalized spacial score (nSPS) is 19.6. The Labute approximate surface area is 149 Å². The zero-order valence-corrected chi connectivity index (χ0v) is 16.1. The number of hydrogen-bond acceptors (Lipinski definition) is 3. The molecule has 0 unspecified atom stereocenters. The molecule has 0 saturated carbocycles. The third-order valence-electron chi connectivity index (χ3n) is 4.04. The number of halogens is 1. The second-order valence-electron chi connectivity index (χ2n) is 6.12. The van der Waals surface area contributed by atoms with E-state index in [0.29, 0.717) is 16.6 Å². The molecule has 1 aliphatic heterocycles. The van der Waals surface area contributed by atoms with Crippen LogP contribution in [-0.4, -0.2) is 42.5 Å². The minimum Gasteiger partial charge on any atom is -0.345 e. The molecule has 2 rings (SSSR count). The highest BCUT2D eigenvalue weighted by molar-refractivity contribution is 7.91. The van der Waals surface area contributed by atoms with Crippen molar-refractivity contribution in [1.82, 2.24) is 4.90 Å². The molecule has 1 fully saturated rings. The fourth-order valence-corrected chi connectivity index (χ4v) is 5.41. The summed E-state index contributed by atoms with van der Waals surface area (Å²) in [6, 6.07) is 3.88. The van der Waals surface area contributed by atoms with E-state index in [1.165, 1.54) is 0 Å². The molecule has 1 N–H and O–H groups in total. The van der Waals surface area contributed by atoms with Crippen LogP contribution in [0.5, 0.6) is 0 Å². The number of anilines is 1. The Morgan fingerprint density at radius 3 is 2.65 bits per heavy atom. The van der Waals surface area contributed by atoms with Crippen molar-refractivity contribution < 1.29 is 8.42 Å². The van der Waals surface area contributed by atoms with Crippen LogP contribution < -0.4 is 5.32 Å². The van der Waals surface area contributed by atoms with Gasteiger partial charge in [-0.15, -0.1) is 0 Å². The first-order valence-electron chi connectivity index (χ1n) is 7.78. The van der Waals surface area contributed by atoms with E-state index in [4.69, 9.17) is 23.8 Å².